The maximum Gasteiger partial charge on any atom is 0.0468 e. The van der Waals surface area contributed by atoms with Crippen molar-refractivity contribution in [3.63, 3.8) is 0 Å². The molecule has 0 bridgehead atoms. The van der Waals surface area contributed by atoms with E-state index in [-0.39, 0.29) is 0 Å². The van der Waals surface area contributed by atoms with Crippen LogP contribution in [0.15, 0.2) is 30.3 Å². The lowest BCUT2D eigenvalue weighted by atomic mass is 10.0. The van der Waals surface area contributed by atoms with E-state index in [1.807, 2.05) is 0 Å². The Hall–Kier alpha value is -0.820. The van der Waals surface area contributed by atoms with Gasteiger partial charge < -0.3 is 4.74 Å². The lowest BCUT2D eigenvalue weighted by Gasteiger charge is -2.10. The van der Waals surface area contributed by atoms with E-state index in [9.17, 15) is 0 Å². The molecule has 0 spiro atoms. The summed E-state index contributed by atoms with van der Waals surface area (Å²) in [6.07, 6.45) is 20.4. The Kier molecular flexibility index (Phi) is 16.6. The molecule has 156 valence electrons. The summed E-state index contributed by atoms with van der Waals surface area (Å²) >= 11 is 0. The summed E-state index contributed by atoms with van der Waals surface area (Å²) in [7, 11) is 0. The van der Waals surface area contributed by atoms with Gasteiger partial charge in [-0.1, -0.05) is 115 Å². The summed E-state index contributed by atoms with van der Waals surface area (Å²) in [6.45, 7) is 6.55. The quantitative estimate of drug-likeness (QED) is 0.221. The molecule has 0 heterocycles. The van der Waals surface area contributed by atoms with E-state index in [0.29, 0.717) is 0 Å². The van der Waals surface area contributed by atoms with Crippen molar-refractivity contribution in [2.24, 2.45) is 5.92 Å². The zero-order chi connectivity index (χ0) is 19.4. The highest BCUT2D eigenvalue weighted by molar-refractivity contribution is 5.14. The summed E-state index contributed by atoms with van der Waals surface area (Å²) in [4.78, 5) is 0. The van der Waals surface area contributed by atoms with Crippen molar-refractivity contribution in [2.45, 2.75) is 110 Å². The first kappa shape index (κ1) is 24.2. The Morgan fingerprint density at radius 3 is 1.81 bits per heavy atom. The van der Waals surface area contributed by atoms with Gasteiger partial charge in [0, 0.05) is 13.2 Å². The van der Waals surface area contributed by atoms with Gasteiger partial charge in [0.25, 0.3) is 0 Å². The van der Waals surface area contributed by atoms with Gasteiger partial charge in [0.15, 0.2) is 0 Å². The molecule has 0 radical (unpaired) electrons. The molecule has 0 aromatic heterocycles. The number of hydrogen-bond donors (Lipinski definition) is 0. The van der Waals surface area contributed by atoms with E-state index in [4.69, 9.17) is 4.74 Å². The van der Waals surface area contributed by atoms with Gasteiger partial charge in [0.05, 0.1) is 0 Å². The number of aryl methyl sites for hydroxylation is 1. The molecule has 1 atom stereocenters. The van der Waals surface area contributed by atoms with Crippen molar-refractivity contribution in [3.8, 4) is 0 Å². The van der Waals surface area contributed by atoms with Crippen LogP contribution in [-0.4, -0.2) is 13.2 Å². The molecule has 0 saturated carbocycles. The van der Waals surface area contributed by atoms with Crippen LogP contribution in [0.5, 0.6) is 0 Å². The summed E-state index contributed by atoms with van der Waals surface area (Å²) in [5.41, 5.74) is 1.49. The van der Waals surface area contributed by atoms with Crippen LogP contribution in [0.3, 0.4) is 0 Å². The second-order valence-electron chi connectivity index (χ2n) is 8.42. The molecule has 0 amide bonds. The molecule has 1 aromatic rings. The Labute approximate surface area is 170 Å². The van der Waals surface area contributed by atoms with E-state index in [1.165, 1.54) is 102 Å². The third-order valence-corrected chi connectivity index (χ3v) is 5.63. The molecular weight excluding hydrogens is 328 g/mol. The van der Waals surface area contributed by atoms with Crippen LogP contribution in [0.2, 0.25) is 0 Å². The van der Waals surface area contributed by atoms with Crippen molar-refractivity contribution in [2.75, 3.05) is 13.2 Å². The van der Waals surface area contributed by atoms with Crippen LogP contribution in [0, 0.1) is 5.92 Å². The average Bonchev–Trinajstić information content (AvgIpc) is 2.68. The van der Waals surface area contributed by atoms with E-state index < -0.39 is 0 Å². The SMILES string of the molecule is CCCC(C)CCOCCCCCCCCCCCCCc1ccccc1. The lowest BCUT2D eigenvalue weighted by molar-refractivity contribution is 0.117. The zero-order valence-electron chi connectivity index (χ0n) is 18.4. The minimum absolute atomic E-state index is 0.832. The highest BCUT2D eigenvalue weighted by Gasteiger charge is 2.00. The largest absolute Gasteiger partial charge is 0.381 e. The molecule has 0 N–H and O–H groups in total. The number of ether oxygens (including phenoxy) is 1. The Morgan fingerprint density at radius 1 is 0.667 bits per heavy atom. The smallest absolute Gasteiger partial charge is 0.0468 e. The third-order valence-electron chi connectivity index (χ3n) is 5.63. The van der Waals surface area contributed by atoms with Crippen molar-refractivity contribution in [1.82, 2.24) is 0 Å². The minimum Gasteiger partial charge on any atom is -0.381 e. The van der Waals surface area contributed by atoms with Crippen molar-refractivity contribution < 1.29 is 4.74 Å². The predicted molar refractivity (Wildman–Crippen MR) is 120 cm³/mol. The molecule has 1 unspecified atom stereocenters. The van der Waals surface area contributed by atoms with Crippen LogP contribution >= 0.6 is 0 Å². The van der Waals surface area contributed by atoms with Gasteiger partial charge in [-0.3, -0.25) is 0 Å². The Bertz CT molecular complexity index is 400. The molecule has 0 aliphatic carbocycles. The number of benzene rings is 1. The fraction of sp³-hybridized carbons (Fsp3) is 0.769. The lowest BCUT2D eigenvalue weighted by Crippen LogP contribution is -2.03. The predicted octanol–water partition coefficient (Wildman–Crippen LogP) is 8.36. The standard InChI is InChI=1S/C26H46O/c1-3-18-25(2)22-24-27-23-17-12-10-8-6-4-5-7-9-11-14-19-26-20-15-13-16-21-26/h13,15-16,20-21,25H,3-12,14,17-19,22-24H2,1-2H3. The fourth-order valence-electron chi connectivity index (χ4n) is 3.79. The second kappa shape index (κ2) is 18.5. The average molecular weight is 375 g/mol. The van der Waals surface area contributed by atoms with Gasteiger partial charge in [-0.05, 0) is 37.2 Å². The molecular formula is C26H46O. The van der Waals surface area contributed by atoms with Crippen LogP contribution in [0.25, 0.3) is 0 Å². The first-order valence-corrected chi connectivity index (χ1v) is 11.9. The van der Waals surface area contributed by atoms with Crippen molar-refractivity contribution in [3.05, 3.63) is 35.9 Å². The topological polar surface area (TPSA) is 9.23 Å². The van der Waals surface area contributed by atoms with Gasteiger partial charge >= 0.3 is 0 Å². The summed E-state index contributed by atoms with van der Waals surface area (Å²) in [5.74, 6) is 0.832. The maximum absolute atomic E-state index is 5.77. The minimum atomic E-state index is 0.832. The molecule has 0 aliphatic rings. The Morgan fingerprint density at radius 2 is 1.22 bits per heavy atom. The summed E-state index contributed by atoms with van der Waals surface area (Å²) in [5, 5.41) is 0. The van der Waals surface area contributed by atoms with Crippen LogP contribution < -0.4 is 0 Å². The molecule has 0 saturated heterocycles. The highest BCUT2D eigenvalue weighted by Crippen LogP contribution is 2.13. The monoisotopic (exact) mass is 374 g/mol. The first-order valence-electron chi connectivity index (χ1n) is 11.9. The molecule has 0 aliphatic heterocycles. The molecule has 1 heteroatoms. The van der Waals surface area contributed by atoms with E-state index in [2.05, 4.69) is 44.2 Å². The van der Waals surface area contributed by atoms with Gasteiger partial charge in [-0.15, -0.1) is 0 Å². The van der Waals surface area contributed by atoms with Crippen molar-refractivity contribution in [1.29, 1.82) is 0 Å². The molecule has 1 rings (SSSR count). The molecule has 1 nitrogen and oxygen atoms in total. The maximum atomic E-state index is 5.77. The van der Waals surface area contributed by atoms with Crippen LogP contribution in [0.4, 0.5) is 0 Å². The van der Waals surface area contributed by atoms with Gasteiger partial charge in [-0.25, -0.2) is 0 Å². The third kappa shape index (κ3) is 15.9. The van der Waals surface area contributed by atoms with Crippen molar-refractivity contribution >= 4 is 0 Å². The van der Waals surface area contributed by atoms with Crippen LogP contribution in [0.1, 0.15) is 109 Å². The molecule has 0 fully saturated rings. The van der Waals surface area contributed by atoms with Gasteiger partial charge in [0.2, 0.25) is 0 Å². The van der Waals surface area contributed by atoms with E-state index in [1.54, 1.807) is 0 Å². The van der Waals surface area contributed by atoms with E-state index in [0.717, 1.165) is 19.1 Å². The fourth-order valence-corrected chi connectivity index (χ4v) is 3.79. The Balaban J connectivity index is 1.71. The highest BCUT2D eigenvalue weighted by atomic mass is 16.5. The summed E-state index contributed by atoms with van der Waals surface area (Å²) < 4.78 is 5.77. The second-order valence-corrected chi connectivity index (χ2v) is 8.42. The zero-order valence-corrected chi connectivity index (χ0v) is 18.4. The van der Waals surface area contributed by atoms with Gasteiger partial charge in [0.1, 0.15) is 0 Å². The molecule has 27 heavy (non-hydrogen) atoms. The number of rotatable bonds is 19. The van der Waals surface area contributed by atoms with Gasteiger partial charge in [-0.2, -0.15) is 0 Å². The first-order chi connectivity index (χ1) is 13.3. The normalized spacial score (nSPS) is 12.4. The van der Waals surface area contributed by atoms with Crippen LogP contribution in [-0.2, 0) is 11.2 Å². The van der Waals surface area contributed by atoms with E-state index >= 15 is 0 Å². The number of hydrogen-bond acceptors (Lipinski definition) is 1. The number of unbranched alkanes of at least 4 members (excludes halogenated alkanes) is 10. The summed E-state index contributed by atoms with van der Waals surface area (Å²) in [6, 6.07) is 10.9. The molecule has 1 aromatic carbocycles.